The van der Waals surface area contributed by atoms with E-state index in [0.29, 0.717) is 12.6 Å². The third-order valence-corrected chi connectivity index (χ3v) is 4.94. The first-order valence-corrected chi connectivity index (χ1v) is 7.50. The molecule has 0 aliphatic carbocycles. The summed E-state index contributed by atoms with van der Waals surface area (Å²) >= 11 is 0. The van der Waals surface area contributed by atoms with Crippen LogP contribution in [-0.4, -0.2) is 43.9 Å². The quantitative estimate of drug-likeness (QED) is 0.779. The fraction of sp³-hybridized carbons (Fsp3) is 0.625. The predicted molar refractivity (Wildman–Crippen MR) is 84.1 cm³/mol. The number of rotatable bonds is 2. The molecule has 2 heterocycles. The lowest BCUT2D eigenvalue weighted by atomic mass is 9.78. The molecule has 21 heavy (non-hydrogen) atoms. The van der Waals surface area contributed by atoms with Crippen LogP contribution in [0.3, 0.4) is 0 Å². The second-order valence-electron chi connectivity index (χ2n) is 7.18. The van der Waals surface area contributed by atoms with Crippen molar-refractivity contribution in [2.45, 2.75) is 44.9 Å². The Balaban J connectivity index is 1.91. The summed E-state index contributed by atoms with van der Waals surface area (Å²) in [5.41, 5.74) is 1.65. The van der Waals surface area contributed by atoms with Crippen LogP contribution in [-0.2, 0) is 9.31 Å². The highest BCUT2D eigenvalue weighted by Gasteiger charge is 2.51. The van der Waals surface area contributed by atoms with E-state index in [0.717, 1.165) is 11.2 Å². The molecule has 114 valence electrons. The second-order valence-corrected chi connectivity index (χ2v) is 7.18. The number of nitrogens with zero attached hydrogens (tertiary/aromatic N) is 1. The van der Waals surface area contributed by atoms with E-state index in [-0.39, 0.29) is 18.3 Å². The molecule has 0 amide bonds. The molecule has 2 aliphatic rings. The molecule has 4 nitrogen and oxygen atoms in total. The Kier molecular flexibility index (Phi) is 3.35. The molecule has 0 bridgehead atoms. The summed E-state index contributed by atoms with van der Waals surface area (Å²) in [5, 5.41) is 0. The minimum absolute atomic E-state index is 0.294. The number of hydrogen-bond donors (Lipinski definition) is 0. The van der Waals surface area contributed by atoms with Crippen LogP contribution in [0.4, 0.5) is 0 Å². The van der Waals surface area contributed by atoms with E-state index in [4.69, 9.17) is 14.0 Å². The van der Waals surface area contributed by atoms with Gasteiger partial charge in [0.05, 0.1) is 17.2 Å². The van der Waals surface area contributed by atoms with Gasteiger partial charge in [-0.15, -0.1) is 0 Å². The predicted octanol–water partition coefficient (Wildman–Crippen LogP) is 1.98. The van der Waals surface area contributed by atoms with Crippen LogP contribution >= 0.6 is 0 Å². The molecule has 5 heteroatoms. The van der Waals surface area contributed by atoms with E-state index in [1.165, 1.54) is 5.56 Å². The summed E-state index contributed by atoms with van der Waals surface area (Å²) in [5.74, 6) is 0.967. The third kappa shape index (κ3) is 2.37. The average molecular weight is 289 g/mol. The van der Waals surface area contributed by atoms with Gasteiger partial charge in [-0.1, -0.05) is 12.1 Å². The van der Waals surface area contributed by atoms with E-state index < -0.39 is 0 Å². The monoisotopic (exact) mass is 289 g/mol. The van der Waals surface area contributed by atoms with E-state index in [9.17, 15) is 0 Å². The summed E-state index contributed by atoms with van der Waals surface area (Å²) < 4.78 is 18.0. The van der Waals surface area contributed by atoms with Crippen molar-refractivity contribution >= 4 is 12.6 Å². The largest absolute Gasteiger partial charge is 0.494 e. The molecule has 1 fully saturated rings. The third-order valence-electron chi connectivity index (χ3n) is 4.94. The number of fused-ring (bicyclic) bond motifs is 1. The zero-order chi connectivity index (χ0) is 15.4. The molecule has 2 aliphatic heterocycles. The van der Waals surface area contributed by atoms with Gasteiger partial charge < -0.3 is 14.0 Å². The molecule has 0 spiro atoms. The van der Waals surface area contributed by atoms with Gasteiger partial charge in [0.15, 0.2) is 0 Å². The van der Waals surface area contributed by atoms with Gasteiger partial charge in [0.25, 0.3) is 0 Å². The van der Waals surface area contributed by atoms with E-state index in [1.54, 1.807) is 0 Å². The fourth-order valence-corrected chi connectivity index (χ4v) is 2.77. The topological polar surface area (TPSA) is 30.9 Å². The zero-order valence-corrected chi connectivity index (χ0v) is 13.8. The first-order valence-electron chi connectivity index (χ1n) is 7.50. The van der Waals surface area contributed by atoms with Gasteiger partial charge in [0.2, 0.25) is 0 Å². The van der Waals surface area contributed by atoms with Crippen molar-refractivity contribution in [1.82, 2.24) is 4.90 Å². The number of hydrogen-bond acceptors (Lipinski definition) is 4. The van der Waals surface area contributed by atoms with Crippen LogP contribution < -0.4 is 10.2 Å². The van der Waals surface area contributed by atoms with Crippen LogP contribution in [0, 0.1) is 0 Å². The summed E-state index contributed by atoms with van der Waals surface area (Å²) in [6.07, 6.45) is 0. The molecular formula is C16H24BNO3. The van der Waals surface area contributed by atoms with Crippen LogP contribution in [0.15, 0.2) is 18.2 Å². The van der Waals surface area contributed by atoms with Crippen molar-refractivity contribution in [3.8, 4) is 5.75 Å². The number of ether oxygens (including phenoxy) is 1. The normalized spacial score (nSPS) is 26.0. The first kappa shape index (κ1) is 14.9. The van der Waals surface area contributed by atoms with Gasteiger partial charge in [0.1, 0.15) is 12.4 Å². The zero-order valence-electron chi connectivity index (χ0n) is 13.8. The highest BCUT2D eigenvalue weighted by molar-refractivity contribution is 6.62. The lowest BCUT2D eigenvalue weighted by Crippen LogP contribution is -2.41. The van der Waals surface area contributed by atoms with Crippen molar-refractivity contribution in [2.75, 3.05) is 20.7 Å². The first-order chi connectivity index (χ1) is 9.71. The maximum absolute atomic E-state index is 6.13. The summed E-state index contributed by atoms with van der Waals surface area (Å²) in [4.78, 5) is 2.18. The molecule has 0 N–H and O–H groups in total. The Morgan fingerprint density at radius 3 is 2.29 bits per heavy atom. The maximum atomic E-state index is 6.13. The lowest BCUT2D eigenvalue weighted by molar-refractivity contribution is 0.00578. The SMILES string of the molecule is CN(C)C1COc2ccc(B3OC(C)(C)C(C)(C)O3)cc21. The summed E-state index contributed by atoms with van der Waals surface area (Å²) in [6, 6.07) is 6.52. The Morgan fingerprint density at radius 2 is 1.71 bits per heavy atom. The molecule has 1 aromatic rings. The Hall–Kier alpha value is -1.04. The fourth-order valence-electron chi connectivity index (χ4n) is 2.77. The van der Waals surface area contributed by atoms with Gasteiger partial charge in [-0.05, 0) is 53.3 Å². The number of benzene rings is 1. The van der Waals surface area contributed by atoms with Crippen LogP contribution in [0.5, 0.6) is 5.75 Å². The highest BCUT2D eigenvalue weighted by Crippen LogP contribution is 2.38. The smallest absolute Gasteiger partial charge is 0.491 e. The van der Waals surface area contributed by atoms with Gasteiger partial charge in [-0.2, -0.15) is 0 Å². The lowest BCUT2D eigenvalue weighted by Gasteiger charge is -2.32. The van der Waals surface area contributed by atoms with Gasteiger partial charge in [-0.3, -0.25) is 4.90 Å². The summed E-state index contributed by atoms with van der Waals surface area (Å²) in [6.45, 7) is 9.01. The van der Waals surface area contributed by atoms with Crippen molar-refractivity contribution in [2.24, 2.45) is 0 Å². The molecule has 1 atom stereocenters. The molecule has 3 rings (SSSR count). The van der Waals surface area contributed by atoms with E-state index in [2.05, 4.69) is 52.8 Å². The molecule has 0 saturated carbocycles. The minimum atomic E-state index is -0.316. The number of likely N-dealkylation sites (N-methyl/N-ethyl adjacent to an activating group) is 1. The van der Waals surface area contributed by atoms with Gasteiger partial charge in [-0.25, -0.2) is 0 Å². The standard InChI is InChI=1S/C16H24BNO3/c1-15(2)16(3,4)21-17(20-15)11-7-8-14-12(9-11)13(10-19-14)18(5)6/h7-9,13H,10H2,1-6H3. The minimum Gasteiger partial charge on any atom is -0.491 e. The Morgan fingerprint density at radius 1 is 1.10 bits per heavy atom. The molecule has 0 radical (unpaired) electrons. The van der Waals surface area contributed by atoms with Crippen molar-refractivity contribution in [1.29, 1.82) is 0 Å². The van der Waals surface area contributed by atoms with Crippen molar-refractivity contribution in [3.63, 3.8) is 0 Å². The molecule has 1 saturated heterocycles. The summed E-state index contributed by atoms with van der Waals surface area (Å²) in [7, 11) is 3.83. The molecular weight excluding hydrogens is 265 g/mol. The van der Waals surface area contributed by atoms with Crippen LogP contribution in [0.1, 0.15) is 39.3 Å². The van der Waals surface area contributed by atoms with Crippen molar-refractivity contribution < 1.29 is 14.0 Å². The van der Waals surface area contributed by atoms with Gasteiger partial charge in [0, 0.05) is 5.56 Å². The Labute approximate surface area is 127 Å². The second kappa shape index (κ2) is 4.73. The Bertz CT molecular complexity index is 540. The average Bonchev–Trinajstić information content (AvgIpc) is 2.87. The highest BCUT2D eigenvalue weighted by atomic mass is 16.7. The maximum Gasteiger partial charge on any atom is 0.494 e. The van der Waals surface area contributed by atoms with E-state index in [1.807, 2.05) is 12.1 Å². The van der Waals surface area contributed by atoms with Crippen LogP contribution in [0.25, 0.3) is 0 Å². The van der Waals surface area contributed by atoms with Gasteiger partial charge >= 0.3 is 7.12 Å². The molecule has 1 aromatic carbocycles. The van der Waals surface area contributed by atoms with Crippen LogP contribution in [0.2, 0.25) is 0 Å². The molecule has 0 aromatic heterocycles. The van der Waals surface area contributed by atoms with Crippen molar-refractivity contribution in [3.05, 3.63) is 23.8 Å². The molecule has 1 unspecified atom stereocenters. The van der Waals surface area contributed by atoms with E-state index >= 15 is 0 Å².